The highest BCUT2D eigenvalue weighted by Gasteiger charge is 2.48. The monoisotopic (exact) mass is 417 g/mol. The summed E-state index contributed by atoms with van der Waals surface area (Å²) in [6.45, 7) is 1.08. The lowest BCUT2D eigenvalue weighted by Gasteiger charge is -2.38. The summed E-state index contributed by atoms with van der Waals surface area (Å²) in [5.74, 6) is -0.388. The zero-order valence-corrected chi connectivity index (χ0v) is 15.6. The van der Waals surface area contributed by atoms with Gasteiger partial charge in [-0.05, 0) is 42.7 Å². The van der Waals surface area contributed by atoms with E-state index in [0.29, 0.717) is 26.1 Å². The van der Waals surface area contributed by atoms with Crippen molar-refractivity contribution in [2.24, 2.45) is 0 Å². The summed E-state index contributed by atoms with van der Waals surface area (Å²) in [5, 5.41) is 2.89. The topological polar surface area (TPSA) is 55.4 Å². The van der Waals surface area contributed by atoms with Gasteiger partial charge in [-0.15, -0.1) is 0 Å². The molecule has 0 radical (unpaired) electrons. The van der Waals surface area contributed by atoms with E-state index >= 15 is 0 Å². The lowest BCUT2D eigenvalue weighted by Crippen LogP contribution is -2.40. The van der Waals surface area contributed by atoms with Crippen molar-refractivity contribution in [3.8, 4) is 0 Å². The van der Waals surface area contributed by atoms with E-state index in [1.165, 1.54) is 30.3 Å². The molecule has 2 aromatic carbocycles. The minimum Gasteiger partial charge on any atom is -0.383 e. The maximum Gasteiger partial charge on any atom is 0.501 e. The van der Waals surface area contributed by atoms with Crippen LogP contribution in [0.4, 0.5) is 23.2 Å². The molecule has 1 fully saturated rings. The Morgan fingerprint density at radius 2 is 1.61 bits per heavy atom. The van der Waals surface area contributed by atoms with Crippen molar-refractivity contribution in [3.63, 3.8) is 0 Å². The average molecular weight is 417 g/mol. The fourth-order valence-electron chi connectivity index (χ4n) is 3.37. The number of halogens is 4. The Labute approximate surface area is 160 Å². The fourth-order valence-corrected chi connectivity index (χ4v) is 4.31. The highest BCUT2D eigenvalue weighted by atomic mass is 32.2. The van der Waals surface area contributed by atoms with E-state index in [1.54, 1.807) is 12.1 Å². The van der Waals surface area contributed by atoms with Gasteiger partial charge in [0.1, 0.15) is 5.82 Å². The third-order valence-electron chi connectivity index (χ3n) is 5.01. The first-order valence-electron chi connectivity index (χ1n) is 8.64. The fraction of sp³-hybridized carbons (Fsp3) is 0.368. The van der Waals surface area contributed by atoms with Gasteiger partial charge in [0.15, 0.2) is 0 Å². The van der Waals surface area contributed by atoms with E-state index in [1.807, 2.05) is 0 Å². The van der Waals surface area contributed by atoms with Gasteiger partial charge in [0.2, 0.25) is 0 Å². The number of sulfone groups is 1. The first-order valence-corrected chi connectivity index (χ1v) is 10.1. The van der Waals surface area contributed by atoms with Crippen LogP contribution >= 0.6 is 0 Å². The number of para-hydroxylation sites is 1. The van der Waals surface area contributed by atoms with Crippen LogP contribution in [0.25, 0.3) is 0 Å². The number of hydrogen-bond donors (Lipinski definition) is 1. The Bertz CT molecular complexity index is 921. The molecule has 0 spiro atoms. The molecule has 0 amide bonds. The highest BCUT2D eigenvalue weighted by Crippen LogP contribution is 2.38. The van der Waals surface area contributed by atoms with Crippen molar-refractivity contribution in [2.45, 2.75) is 28.7 Å². The molecule has 1 aliphatic rings. The number of rotatable bonds is 5. The highest BCUT2D eigenvalue weighted by molar-refractivity contribution is 7.92. The molecule has 1 aliphatic heterocycles. The van der Waals surface area contributed by atoms with Crippen LogP contribution in [-0.2, 0) is 20.0 Å². The minimum absolute atomic E-state index is 0.118. The van der Waals surface area contributed by atoms with Crippen LogP contribution in [0, 0.1) is 5.82 Å². The summed E-state index contributed by atoms with van der Waals surface area (Å²) < 4.78 is 81.5. The molecule has 1 heterocycles. The zero-order chi connectivity index (χ0) is 20.4. The van der Waals surface area contributed by atoms with Crippen molar-refractivity contribution >= 4 is 15.5 Å². The van der Waals surface area contributed by atoms with E-state index in [0.717, 1.165) is 11.6 Å². The first-order chi connectivity index (χ1) is 13.2. The molecule has 2 aromatic rings. The van der Waals surface area contributed by atoms with Crippen molar-refractivity contribution in [1.82, 2.24) is 0 Å². The van der Waals surface area contributed by atoms with Gasteiger partial charge in [-0.1, -0.05) is 24.3 Å². The van der Waals surface area contributed by atoms with Gasteiger partial charge in [0.05, 0.1) is 10.6 Å². The predicted octanol–water partition coefficient (Wildman–Crippen LogP) is 4.28. The number of alkyl halides is 3. The molecule has 152 valence electrons. The molecule has 9 heteroatoms. The Balaban J connectivity index is 1.92. The van der Waals surface area contributed by atoms with Crippen LogP contribution in [0.3, 0.4) is 0 Å². The number of benzene rings is 2. The molecular weight excluding hydrogens is 398 g/mol. The molecule has 4 nitrogen and oxygen atoms in total. The van der Waals surface area contributed by atoms with Crippen LogP contribution in [0.1, 0.15) is 18.4 Å². The van der Waals surface area contributed by atoms with Crippen LogP contribution in [0.2, 0.25) is 0 Å². The quantitative estimate of drug-likeness (QED) is 0.738. The maximum atomic E-state index is 13.3. The Hall–Kier alpha value is -2.13. The molecule has 0 saturated carbocycles. The minimum atomic E-state index is -5.49. The summed E-state index contributed by atoms with van der Waals surface area (Å²) in [6.07, 6.45) is 1.14. The van der Waals surface area contributed by atoms with Crippen LogP contribution in [0.15, 0.2) is 53.4 Å². The van der Waals surface area contributed by atoms with Crippen LogP contribution < -0.4 is 5.32 Å². The van der Waals surface area contributed by atoms with Crippen molar-refractivity contribution < 1.29 is 30.7 Å². The summed E-state index contributed by atoms with van der Waals surface area (Å²) in [5.41, 5.74) is -5.20. The predicted molar refractivity (Wildman–Crippen MR) is 96.3 cm³/mol. The average Bonchev–Trinajstić information content (AvgIpc) is 2.67. The molecule has 0 aliphatic carbocycles. The third kappa shape index (κ3) is 4.00. The molecule has 0 aromatic heterocycles. The van der Waals surface area contributed by atoms with E-state index < -0.39 is 25.7 Å². The van der Waals surface area contributed by atoms with Crippen molar-refractivity contribution in [2.75, 3.05) is 25.1 Å². The Kier molecular flexibility index (Phi) is 5.67. The zero-order valence-electron chi connectivity index (χ0n) is 14.8. The van der Waals surface area contributed by atoms with E-state index in [-0.39, 0.29) is 18.0 Å². The van der Waals surface area contributed by atoms with E-state index in [4.69, 9.17) is 4.74 Å². The lowest BCUT2D eigenvalue weighted by molar-refractivity contribution is -0.0435. The van der Waals surface area contributed by atoms with Gasteiger partial charge in [-0.2, -0.15) is 13.2 Å². The van der Waals surface area contributed by atoms with Crippen LogP contribution in [-0.4, -0.2) is 33.7 Å². The Morgan fingerprint density at radius 3 is 2.21 bits per heavy atom. The normalized spacial score (nSPS) is 17.3. The lowest BCUT2D eigenvalue weighted by atomic mass is 9.74. The molecule has 0 unspecified atom stereocenters. The molecule has 0 bridgehead atoms. The number of hydrogen-bond acceptors (Lipinski definition) is 4. The Morgan fingerprint density at radius 1 is 1.00 bits per heavy atom. The number of nitrogens with one attached hydrogen (secondary N) is 1. The summed E-state index contributed by atoms with van der Waals surface area (Å²) in [6, 6.07) is 10.9. The SMILES string of the molecule is O=S(=O)(c1ccccc1NCC1(c2ccc(F)cc2)CCOCC1)C(F)(F)F. The molecule has 0 atom stereocenters. The standard InChI is InChI=1S/C19H19F4NO3S/c20-15-7-5-14(6-8-15)18(9-11-27-12-10-18)13-24-16-3-1-2-4-17(16)28(25,26)19(21,22)23/h1-8,24H,9-13H2. The van der Waals surface area contributed by atoms with Crippen molar-refractivity contribution in [1.29, 1.82) is 0 Å². The van der Waals surface area contributed by atoms with Crippen LogP contribution in [0.5, 0.6) is 0 Å². The summed E-state index contributed by atoms with van der Waals surface area (Å²) in [4.78, 5) is -0.816. The maximum absolute atomic E-state index is 13.3. The van der Waals surface area contributed by atoms with Gasteiger partial charge in [0, 0.05) is 25.2 Å². The van der Waals surface area contributed by atoms with Gasteiger partial charge >= 0.3 is 5.51 Å². The molecule has 1 N–H and O–H groups in total. The number of anilines is 1. The molecule has 3 rings (SSSR count). The van der Waals surface area contributed by atoms with E-state index in [2.05, 4.69) is 5.32 Å². The van der Waals surface area contributed by atoms with E-state index in [9.17, 15) is 26.0 Å². The molecule has 1 saturated heterocycles. The summed E-state index contributed by atoms with van der Waals surface area (Å²) in [7, 11) is -5.49. The van der Waals surface area contributed by atoms with Gasteiger partial charge in [-0.25, -0.2) is 12.8 Å². The molecular formula is C19H19F4NO3S. The second-order valence-corrected chi connectivity index (χ2v) is 8.61. The largest absolute Gasteiger partial charge is 0.501 e. The molecule has 28 heavy (non-hydrogen) atoms. The van der Waals surface area contributed by atoms with Crippen molar-refractivity contribution in [3.05, 3.63) is 59.9 Å². The summed E-state index contributed by atoms with van der Waals surface area (Å²) >= 11 is 0. The smallest absolute Gasteiger partial charge is 0.383 e. The number of ether oxygens (including phenoxy) is 1. The van der Waals surface area contributed by atoms with Gasteiger partial charge in [-0.3, -0.25) is 0 Å². The van der Waals surface area contributed by atoms with Gasteiger partial charge in [0.25, 0.3) is 9.84 Å². The third-order valence-corrected chi connectivity index (χ3v) is 6.55. The van der Waals surface area contributed by atoms with Gasteiger partial charge < -0.3 is 10.1 Å². The first kappa shape index (κ1) is 20.6. The second-order valence-electron chi connectivity index (χ2n) is 6.70. The second kappa shape index (κ2) is 7.71.